The zero-order valence-electron chi connectivity index (χ0n) is 15.5. The Balaban J connectivity index is 1.85. The topological polar surface area (TPSA) is 81.1 Å². The summed E-state index contributed by atoms with van der Waals surface area (Å²) in [6, 6.07) is 11.7. The average Bonchev–Trinajstić information content (AvgIpc) is 3.05. The van der Waals surface area contributed by atoms with Gasteiger partial charge in [-0.05, 0) is 35.4 Å². The number of halogens is 1. The van der Waals surface area contributed by atoms with Gasteiger partial charge in [-0.2, -0.15) is 0 Å². The molecule has 146 valence electrons. The second-order valence-electron chi connectivity index (χ2n) is 6.62. The molecule has 8 heteroatoms. The Morgan fingerprint density at radius 2 is 1.79 bits per heavy atom. The lowest BCUT2D eigenvalue weighted by molar-refractivity contribution is 0.0941. The van der Waals surface area contributed by atoms with Crippen LogP contribution < -0.4 is 5.32 Å². The van der Waals surface area contributed by atoms with E-state index in [4.69, 9.17) is 0 Å². The van der Waals surface area contributed by atoms with Gasteiger partial charge in [0.1, 0.15) is 17.7 Å². The molecule has 1 heterocycles. The summed E-state index contributed by atoms with van der Waals surface area (Å²) < 4.78 is 37.9. The second-order valence-corrected chi connectivity index (χ2v) is 8.76. The fourth-order valence-electron chi connectivity index (χ4n) is 2.88. The molecule has 6 nitrogen and oxygen atoms in total. The van der Waals surface area contributed by atoms with Crippen LogP contribution in [-0.2, 0) is 22.6 Å². The fourth-order valence-corrected chi connectivity index (χ4v) is 3.67. The average molecular weight is 401 g/mol. The van der Waals surface area contributed by atoms with Gasteiger partial charge in [0.15, 0.2) is 9.84 Å². The number of hydrogen-bond acceptors (Lipinski definition) is 4. The number of nitrogens with one attached hydrogen (secondary N) is 1. The van der Waals surface area contributed by atoms with Crippen LogP contribution in [0.15, 0.2) is 60.9 Å². The number of aromatic nitrogens is 2. The summed E-state index contributed by atoms with van der Waals surface area (Å²) in [4.78, 5) is 17.1. The number of sulfone groups is 1. The zero-order valence-corrected chi connectivity index (χ0v) is 16.3. The van der Waals surface area contributed by atoms with E-state index in [1.807, 2.05) is 7.05 Å². The van der Waals surface area contributed by atoms with Crippen molar-refractivity contribution in [3.63, 3.8) is 0 Å². The molecule has 0 aliphatic rings. The Kier molecular flexibility index (Phi) is 5.60. The first kappa shape index (κ1) is 19.8. The van der Waals surface area contributed by atoms with Crippen LogP contribution in [-0.4, -0.2) is 30.1 Å². The molecule has 0 aliphatic heterocycles. The summed E-state index contributed by atoms with van der Waals surface area (Å²) in [6.07, 6.45) is 4.55. The predicted molar refractivity (Wildman–Crippen MR) is 104 cm³/mol. The molecule has 1 atom stereocenters. The predicted octanol–water partition coefficient (Wildman–Crippen LogP) is 2.62. The van der Waals surface area contributed by atoms with E-state index in [1.165, 1.54) is 12.1 Å². The third kappa shape index (κ3) is 4.83. The first-order chi connectivity index (χ1) is 13.2. The van der Waals surface area contributed by atoms with Gasteiger partial charge in [-0.15, -0.1) is 0 Å². The molecular weight excluding hydrogens is 381 g/mol. The van der Waals surface area contributed by atoms with Crippen molar-refractivity contribution < 1.29 is 17.6 Å². The van der Waals surface area contributed by atoms with E-state index in [0.717, 1.165) is 6.26 Å². The van der Waals surface area contributed by atoms with Gasteiger partial charge in [-0.25, -0.2) is 17.8 Å². The van der Waals surface area contributed by atoms with Gasteiger partial charge >= 0.3 is 0 Å². The van der Waals surface area contributed by atoms with E-state index >= 15 is 0 Å². The molecule has 3 aromatic rings. The number of benzene rings is 2. The van der Waals surface area contributed by atoms with Gasteiger partial charge in [0, 0.05) is 31.3 Å². The summed E-state index contributed by atoms with van der Waals surface area (Å²) in [5, 5.41) is 2.92. The van der Waals surface area contributed by atoms with E-state index in [0.29, 0.717) is 22.5 Å². The van der Waals surface area contributed by atoms with Crippen molar-refractivity contribution in [2.75, 3.05) is 6.26 Å². The van der Waals surface area contributed by atoms with Crippen LogP contribution in [0.5, 0.6) is 0 Å². The Morgan fingerprint density at radius 1 is 1.14 bits per heavy atom. The first-order valence-electron chi connectivity index (χ1n) is 8.53. The Morgan fingerprint density at radius 3 is 2.32 bits per heavy atom. The van der Waals surface area contributed by atoms with Crippen molar-refractivity contribution in [1.29, 1.82) is 0 Å². The van der Waals surface area contributed by atoms with Crippen LogP contribution in [0.2, 0.25) is 0 Å². The van der Waals surface area contributed by atoms with Gasteiger partial charge in [-0.3, -0.25) is 4.79 Å². The van der Waals surface area contributed by atoms with Crippen LogP contribution in [0.1, 0.15) is 33.4 Å². The second kappa shape index (κ2) is 7.93. The molecule has 0 fully saturated rings. The van der Waals surface area contributed by atoms with Crippen LogP contribution in [0.25, 0.3) is 0 Å². The van der Waals surface area contributed by atoms with Crippen molar-refractivity contribution in [2.45, 2.75) is 11.8 Å². The molecule has 1 amide bonds. The van der Waals surface area contributed by atoms with Gasteiger partial charge in [0.2, 0.25) is 0 Å². The van der Waals surface area contributed by atoms with E-state index in [-0.39, 0.29) is 17.5 Å². The van der Waals surface area contributed by atoms with Crippen molar-refractivity contribution in [3.8, 4) is 0 Å². The van der Waals surface area contributed by atoms with E-state index in [1.54, 1.807) is 53.4 Å². The molecule has 0 radical (unpaired) electrons. The van der Waals surface area contributed by atoms with Crippen LogP contribution in [0, 0.1) is 5.82 Å². The molecule has 0 unspecified atom stereocenters. The van der Waals surface area contributed by atoms with Crippen molar-refractivity contribution >= 4 is 15.7 Å². The Hall–Kier alpha value is -3.00. The summed E-state index contributed by atoms with van der Waals surface area (Å²) in [5.74, 6) is -0.188. The lowest BCUT2D eigenvalue weighted by Gasteiger charge is -2.19. The summed E-state index contributed by atoms with van der Waals surface area (Å²) >= 11 is 0. The molecule has 3 rings (SSSR count). The maximum atomic E-state index is 13.3. The normalized spacial score (nSPS) is 12.5. The number of hydrogen-bond donors (Lipinski definition) is 1. The molecule has 1 aromatic heterocycles. The highest BCUT2D eigenvalue weighted by Crippen LogP contribution is 2.21. The molecule has 2 aromatic carbocycles. The lowest BCUT2D eigenvalue weighted by atomic mass is 10.0. The monoisotopic (exact) mass is 401 g/mol. The van der Waals surface area contributed by atoms with Crippen LogP contribution in [0.4, 0.5) is 4.39 Å². The SMILES string of the molecule is Cn1ccnc1[C@H](NC(=O)c1ccc(CS(C)(=O)=O)cc1)c1ccc(F)cc1. The van der Waals surface area contributed by atoms with Crippen molar-refractivity contribution in [2.24, 2.45) is 7.05 Å². The van der Waals surface area contributed by atoms with Crippen LogP contribution >= 0.6 is 0 Å². The number of nitrogens with zero attached hydrogens (tertiary/aromatic N) is 2. The highest BCUT2D eigenvalue weighted by Gasteiger charge is 2.21. The molecule has 0 spiro atoms. The standard InChI is InChI=1S/C20H20FN3O3S/c1-24-12-11-22-19(24)18(15-7-9-17(21)10-8-15)23-20(25)16-5-3-14(4-6-16)13-28(2,26)27/h3-12,18H,13H2,1-2H3,(H,23,25)/t18-/m1/s1. The summed E-state index contributed by atoms with van der Waals surface area (Å²) in [6.45, 7) is 0. The molecular formula is C20H20FN3O3S. The van der Waals surface area contributed by atoms with Crippen molar-refractivity contribution in [1.82, 2.24) is 14.9 Å². The van der Waals surface area contributed by atoms with E-state index in [2.05, 4.69) is 10.3 Å². The fraction of sp³-hybridized carbons (Fsp3) is 0.200. The number of carbonyl (C=O) groups excluding carboxylic acids is 1. The van der Waals surface area contributed by atoms with Crippen molar-refractivity contribution in [3.05, 3.63) is 89.3 Å². The number of carbonyl (C=O) groups is 1. The highest BCUT2D eigenvalue weighted by molar-refractivity contribution is 7.89. The summed E-state index contributed by atoms with van der Waals surface area (Å²) in [7, 11) is -1.33. The minimum atomic E-state index is -3.15. The zero-order chi connectivity index (χ0) is 20.3. The number of rotatable bonds is 6. The lowest BCUT2D eigenvalue weighted by Crippen LogP contribution is -2.31. The largest absolute Gasteiger partial charge is 0.338 e. The number of imidazole rings is 1. The first-order valence-corrected chi connectivity index (χ1v) is 10.6. The molecule has 28 heavy (non-hydrogen) atoms. The minimum absolute atomic E-state index is 0.0830. The molecule has 0 aliphatic carbocycles. The van der Waals surface area contributed by atoms with Crippen LogP contribution in [0.3, 0.4) is 0 Å². The maximum Gasteiger partial charge on any atom is 0.252 e. The maximum absolute atomic E-state index is 13.3. The van der Waals surface area contributed by atoms with Gasteiger partial charge < -0.3 is 9.88 Å². The molecule has 0 bridgehead atoms. The molecule has 0 saturated heterocycles. The number of amides is 1. The Labute approximate surface area is 163 Å². The van der Waals surface area contributed by atoms with Gasteiger partial charge in [0.05, 0.1) is 5.75 Å². The minimum Gasteiger partial charge on any atom is -0.338 e. The molecule has 0 saturated carbocycles. The smallest absolute Gasteiger partial charge is 0.252 e. The number of aryl methyl sites for hydroxylation is 1. The molecule has 1 N–H and O–H groups in total. The van der Waals surface area contributed by atoms with E-state index in [9.17, 15) is 17.6 Å². The third-order valence-electron chi connectivity index (χ3n) is 4.24. The quantitative estimate of drug-likeness (QED) is 0.689. The Bertz CT molecular complexity index is 1070. The van der Waals surface area contributed by atoms with E-state index < -0.39 is 15.9 Å². The summed E-state index contributed by atoms with van der Waals surface area (Å²) in [5.41, 5.74) is 1.69. The highest BCUT2D eigenvalue weighted by atomic mass is 32.2. The van der Waals surface area contributed by atoms with Gasteiger partial charge in [-0.1, -0.05) is 24.3 Å². The van der Waals surface area contributed by atoms with Gasteiger partial charge in [0.25, 0.3) is 5.91 Å². The third-order valence-corrected chi connectivity index (χ3v) is 5.10.